The van der Waals surface area contributed by atoms with E-state index in [1.54, 1.807) is 24.3 Å². The number of hydrogen-bond acceptors (Lipinski definition) is 3. The van der Waals surface area contributed by atoms with Gasteiger partial charge in [0.15, 0.2) is 6.67 Å². The van der Waals surface area contributed by atoms with Gasteiger partial charge < -0.3 is 4.98 Å². The van der Waals surface area contributed by atoms with E-state index in [1.165, 1.54) is 6.20 Å². The second-order valence-electron chi connectivity index (χ2n) is 3.49. The molecule has 0 radical (unpaired) electrons. The molecular weight excluding hydrogens is 251 g/mol. The summed E-state index contributed by atoms with van der Waals surface area (Å²) in [7, 11) is 0. The predicted octanol–water partition coefficient (Wildman–Crippen LogP) is 2.61. The van der Waals surface area contributed by atoms with Gasteiger partial charge in [0.05, 0.1) is 0 Å². The minimum Gasteiger partial charge on any atom is -0.358 e. The lowest BCUT2D eigenvalue weighted by atomic mass is 10.2. The second-order valence-corrected chi connectivity index (χ2v) is 3.49. The molecule has 0 spiro atoms. The first-order chi connectivity index (χ1) is 8.54. The van der Waals surface area contributed by atoms with E-state index in [4.69, 9.17) is 0 Å². The topological polar surface area (TPSA) is 51.3 Å². The number of rotatable bonds is 4. The summed E-state index contributed by atoms with van der Waals surface area (Å²) in [6.45, 7) is -2.14. The molecule has 0 aliphatic heterocycles. The van der Waals surface area contributed by atoms with E-state index in [9.17, 15) is 18.0 Å². The fraction of sp³-hybridized carbons (Fsp3) is 0.182. The van der Waals surface area contributed by atoms with Crippen molar-refractivity contribution in [2.45, 2.75) is 5.92 Å². The van der Waals surface area contributed by atoms with Crippen LogP contribution in [-0.2, 0) is 9.68 Å². The van der Waals surface area contributed by atoms with E-state index < -0.39 is 18.6 Å². The highest BCUT2D eigenvalue weighted by Gasteiger charge is 2.42. The van der Waals surface area contributed by atoms with Crippen LogP contribution in [0.3, 0.4) is 0 Å². The lowest BCUT2D eigenvalue weighted by molar-refractivity contribution is -0.238. The molecule has 2 aromatic rings. The molecule has 1 aromatic heterocycles. The minimum absolute atomic E-state index is 0.0635. The van der Waals surface area contributed by atoms with Gasteiger partial charge in [-0.2, -0.15) is 8.78 Å². The Hall–Kier alpha value is -2.18. The maximum absolute atomic E-state index is 12.6. The largest absolute Gasteiger partial charge is 0.427 e. The Morgan fingerprint density at radius 2 is 2.06 bits per heavy atom. The number of benzene rings is 1. The molecule has 4 nitrogen and oxygen atoms in total. The van der Waals surface area contributed by atoms with Crippen LogP contribution in [0.25, 0.3) is 10.9 Å². The summed E-state index contributed by atoms with van der Waals surface area (Å²) in [5.74, 6) is -6.21. The van der Waals surface area contributed by atoms with Crippen LogP contribution < -0.4 is 4.89 Å². The molecule has 0 saturated carbocycles. The highest BCUT2D eigenvalue weighted by Crippen LogP contribution is 2.26. The molecule has 0 saturated heterocycles. The number of hydrogen-bond donors (Lipinski definition) is 1. The third-order valence-electron chi connectivity index (χ3n) is 2.22. The van der Waals surface area contributed by atoms with Crippen molar-refractivity contribution >= 4 is 16.9 Å². The Bertz CT molecular complexity index is 567. The Labute approximate surface area is 99.2 Å². The smallest absolute Gasteiger partial charge is 0.358 e. The average molecular weight is 259 g/mol. The van der Waals surface area contributed by atoms with Crippen molar-refractivity contribution in [3.63, 3.8) is 0 Å². The van der Waals surface area contributed by atoms with Gasteiger partial charge >= 0.3 is 11.9 Å². The third-order valence-corrected chi connectivity index (χ3v) is 2.22. The second kappa shape index (κ2) is 4.59. The molecule has 0 amide bonds. The zero-order valence-electron chi connectivity index (χ0n) is 8.95. The van der Waals surface area contributed by atoms with Crippen molar-refractivity contribution in [2.24, 2.45) is 0 Å². The molecule has 0 aliphatic carbocycles. The Morgan fingerprint density at radius 3 is 2.78 bits per heavy atom. The van der Waals surface area contributed by atoms with Gasteiger partial charge in [-0.15, -0.1) is 0 Å². The van der Waals surface area contributed by atoms with Gasteiger partial charge in [-0.3, -0.25) is 4.89 Å². The van der Waals surface area contributed by atoms with Crippen molar-refractivity contribution in [1.82, 2.24) is 4.98 Å². The van der Waals surface area contributed by atoms with E-state index in [-0.39, 0.29) is 5.75 Å². The molecular formula is C11H8F3NO3. The first-order valence-electron chi connectivity index (χ1n) is 4.93. The molecule has 18 heavy (non-hydrogen) atoms. The molecule has 0 atom stereocenters. The average Bonchev–Trinajstić information content (AvgIpc) is 2.79. The van der Waals surface area contributed by atoms with Gasteiger partial charge in [-0.05, 0) is 12.1 Å². The molecule has 2 rings (SSSR count). The predicted molar refractivity (Wildman–Crippen MR) is 55.9 cm³/mol. The Morgan fingerprint density at radius 1 is 1.33 bits per heavy atom. The summed E-state index contributed by atoms with van der Waals surface area (Å²) >= 11 is 0. The third kappa shape index (κ3) is 2.24. The number of carbonyl (C=O) groups excluding carboxylic acids is 1. The molecule has 0 unspecified atom stereocenters. The van der Waals surface area contributed by atoms with E-state index in [1.807, 2.05) is 0 Å². The number of H-pyrrole nitrogens is 1. The highest BCUT2D eigenvalue weighted by atomic mass is 19.3. The van der Waals surface area contributed by atoms with Gasteiger partial charge in [0.1, 0.15) is 0 Å². The quantitative estimate of drug-likeness (QED) is 0.678. The molecule has 0 bridgehead atoms. The summed E-state index contributed by atoms with van der Waals surface area (Å²) in [6, 6.07) is 6.81. The standard InChI is InChI=1S/C11H8F3NO3/c12-6-11(13,14)10(16)18-17-9-5-15-8-4-2-1-3-7(8)9/h1-5,15H,6H2. The summed E-state index contributed by atoms with van der Waals surface area (Å²) in [5.41, 5.74) is 0.681. The molecule has 1 N–H and O–H groups in total. The van der Waals surface area contributed by atoms with Crippen molar-refractivity contribution in [3.8, 4) is 5.75 Å². The maximum atomic E-state index is 12.6. The van der Waals surface area contributed by atoms with Gasteiger partial charge in [0, 0.05) is 17.1 Å². The van der Waals surface area contributed by atoms with Crippen LogP contribution in [0.5, 0.6) is 5.75 Å². The highest BCUT2D eigenvalue weighted by molar-refractivity contribution is 5.86. The van der Waals surface area contributed by atoms with Crippen LogP contribution in [0.1, 0.15) is 0 Å². The summed E-state index contributed by atoms with van der Waals surface area (Å²) in [4.78, 5) is 21.9. The molecule has 1 aromatic carbocycles. The van der Waals surface area contributed by atoms with Crippen LogP contribution in [0.15, 0.2) is 30.5 Å². The monoisotopic (exact) mass is 259 g/mol. The lowest BCUT2D eigenvalue weighted by Gasteiger charge is -2.09. The van der Waals surface area contributed by atoms with Gasteiger partial charge in [0.2, 0.25) is 5.75 Å². The van der Waals surface area contributed by atoms with Crippen LogP contribution in [0.4, 0.5) is 13.2 Å². The number of fused-ring (bicyclic) bond motifs is 1. The zero-order chi connectivity index (χ0) is 13.2. The number of nitrogens with one attached hydrogen (secondary N) is 1. The first kappa shape index (κ1) is 12.3. The molecule has 0 aliphatic rings. The van der Waals surface area contributed by atoms with E-state index in [2.05, 4.69) is 14.8 Å². The van der Waals surface area contributed by atoms with Crippen LogP contribution >= 0.6 is 0 Å². The molecule has 7 heteroatoms. The number of alkyl halides is 3. The fourth-order valence-electron chi connectivity index (χ4n) is 1.31. The van der Waals surface area contributed by atoms with Crippen LogP contribution in [0, 0.1) is 0 Å². The number of aromatic amines is 1. The number of para-hydroxylation sites is 1. The number of aromatic nitrogens is 1. The van der Waals surface area contributed by atoms with Crippen LogP contribution in [-0.4, -0.2) is 23.6 Å². The van der Waals surface area contributed by atoms with Gasteiger partial charge in [-0.25, -0.2) is 14.1 Å². The summed E-state index contributed by atoms with van der Waals surface area (Å²) < 4.78 is 36.9. The van der Waals surface area contributed by atoms with E-state index in [0.29, 0.717) is 10.9 Å². The van der Waals surface area contributed by atoms with Crippen molar-refractivity contribution in [3.05, 3.63) is 30.5 Å². The van der Waals surface area contributed by atoms with Crippen molar-refractivity contribution < 1.29 is 27.7 Å². The SMILES string of the molecule is O=C(OOc1c[nH]c2ccccc12)C(F)(F)CF. The first-order valence-corrected chi connectivity index (χ1v) is 4.93. The zero-order valence-corrected chi connectivity index (χ0v) is 8.95. The molecule has 96 valence electrons. The molecule has 0 fully saturated rings. The summed E-state index contributed by atoms with van der Waals surface area (Å²) in [5, 5.41) is 0.550. The van der Waals surface area contributed by atoms with E-state index in [0.717, 1.165) is 0 Å². The number of carbonyl (C=O) groups is 1. The Balaban J connectivity index is 2.09. The van der Waals surface area contributed by atoms with Crippen LogP contribution in [0.2, 0.25) is 0 Å². The molecule has 1 heterocycles. The maximum Gasteiger partial charge on any atom is 0.427 e. The fourth-order valence-corrected chi connectivity index (χ4v) is 1.31. The summed E-state index contributed by atoms with van der Waals surface area (Å²) in [6.07, 6.45) is 1.34. The minimum atomic E-state index is -4.20. The normalized spacial score (nSPS) is 11.5. The Kier molecular flexibility index (Phi) is 3.14. The van der Waals surface area contributed by atoms with Gasteiger partial charge in [-0.1, -0.05) is 12.1 Å². The van der Waals surface area contributed by atoms with Gasteiger partial charge in [0.25, 0.3) is 0 Å². The van der Waals surface area contributed by atoms with Crippen molar-refractivity contribution in [2.75, 3.05) is 6.67 Å². The number of halogens is 3. The lowest BCUT2D eigenvalue weighted by Crippen LogP contribution is -2.33. The van der Waals surface area contributed by atoms with E-state index >= 15 is 0 Å². The van der Waals surface area contributed by atoms with Crippen molar-refractivity contribution in [1.29, 1.82) is 0 Å².